The van der Waals surface area contributed by atoms with E-state index < -0.39 is 0 Å². The second-order valence-electron chi connectivity index (χ2n) is 4.93. The lowest BCUT2D eigenvalue weighted by atomic mass is 10.2. The number of furan rings is 1. The Hall–Kier alpha value is -1.92. The summed E-state index contributed by atoms with van der Waals surface area (Å²) in [5.74, 6) is 1.82. The van der Waals surface area contributed by atoms with Crippen molar-refractivity contribution in [2.75, 3.05) is 6.54 Å². The smallest absolute Gasteiger partial charge is 0.133 e. The van der Waals surface area contributed by atoms with Gasteiger partial charge in [0.05, 0.1) is 11.3 Å². The maximum Gasteiger partial charge on any atom is 0.133 e. The molecule has 6 heteroatoms. The van der Waals surface area contributed by atoms with Gasteiger partial charge in [-0.2, -0.15) is 0 Å². The summed E-state index contributed by atoms with van der Waals surface area (Å²) in [4.78, 5) is 8.91. The third-order valence-electron chi connectivity index (χ3n) is 3.30. The summed E-state index contributed by atoms with van der Waals surface area (Å²) in [5, 5.41) is 6.75. The second-order valence-corrected chi connectivity index (χ2v) is 5.87. The predicted molar refractivity (Wildman–Crippen MR) is 82.3 cm³/mol. The van der Waals surface area contributed by atoms with Crippen molar-refractivity contribution in [3.63, 3.8) is 0 Å². The average molecular weight is 302 g/mol. The van der Waals surface area contributed by atoms with E-state index >= 15 is 0 Å². The fourth-order valence-electron chi connectivity index (χ4n) is 2.27. The van der Waals surface area contributed by atoms with Crippen LogP contribution in [-0.2, 0) is 13.5 Å². The molecule has 0 aliphatic carbocycles. The van der Waals surface area contributed by atoms with Crippen LogP contribution in [0.2, 0.25) is 0 Å². The number of nitrogens with zero attached hydrogens (tertiary/aromatic N) is 3. The molecule has 0 radical (unpaired) electrons. The van der Waals surface area contributed by atoms with Crippen molar-refractivity contribution in [2.24, 2.45) is 7.05 Å². The Labute approximate surface area is 127 Å². The van der Waals surface area contributed by atoms with Crippen LogP contribution in [0.5, 0.6) is 0 Å². The number of aromatic nitrogens is 3. The van der Waals surface area contributed by atoms with Gasteiger partial charge in [-0.05, 0) is 19.1 Å². The van der Waals surface area contributed by atoms with Crippen molar-refractivity contribution >= 4 is 11.3 Å². The lowest BCUT2D eigenvalue weighted by Gasteiger charge is -2.16. The third kappa shape index (κ3) is 3.22. The van der Waals surface area contributed by atoms with E-state index in [4.69, 9.17) is 4.42 Å². The van der Waals surface area contributed by atoms with E-state index in [9.17, 15) is 0 Å². The lowest BCUT2D eigenvalue weighted by molar-refractivity contribution is 0.431. The standard InChI is InChI=1S/C15H18N4OS/c1-11-10-21-13(18-11)5-6-16-14(12-4-3-9-20-12)15-17-7-8-19(15)2/h3-4,7-10,14,16H,5-6H2,1-2H3. The molecule has 0 spiro atoms. The van der Waals surface area contributed by atoms with Crippen LogP contribution in [-0.4, -0.2) is 21.1 Å². The molecule has 0 aliphatic heterocycles. The summed E-state index contributed by atoms with van der Waals surface area (Å²) >= 11 is 1.70. The summed E-state index contributed by atoms with van der Waals surface area (Å²) in [5.41, 5.74) is 1.08. The van der Waals surface area contributed by atoms with Crippen LogP contribution in [0.1, 0.15) is 28.3 Å². The summed E-state index contributed by atoms with van der Waals surface area (Å²) in [6.07, 6.45) is 6.34. The van der Waals surface area contributed by atoms with Crippen LogP contribution < -0.4 is 5.32 Å². The zero-order valence-corrected chi connectivity index (χ0v) is 12.9. The SMILES string of the molecule is Cc1csc(CCNC(c2ccco2)c2nccn2C)n1. The van der Waals surface area contributed by atoms with Gasteiger partial charge in [0.15, 0.2) is 0 Å². The van der Waals surface area contributed by atoms with E-state index in [1.54, 1.807) is 23.8 Å². The molecular weight excluding hydrogens is 284 g/mol. The summed E-state index contributed by atoms with van der Waals surface area (Å²) < 4.78 is 7.56. The number of thiazole rings is 1. The van der Waals surface area contributed by atoms with E-state index in [2.05, 4.69) is 20.7 Å². The van der Waals surface area contributed by atoms with E-state index in [0.29, 0.717) is 0 Å². The molecule has 0 fully saturated rings. The van der Waals surface area contributed by atoms with Gasteiger partial charge < -0.3 is 14.3 Å². The van der Waals surface area contributed by atoms with Gasteiger partial charge >= 0.3 is 0 Å². The van der Waals surface area contributed by atoms with Crippen LogP contribution in [0.3, 0.4) is 0 Å². The molecular formula is C15H18N4OS. The van der Waals surface area contributed by atoms with Crippen molar-refractivity contribution in [1.82, 2.24) is 19.9 Å². The topological polar surface area (TPSA) is 55.9 Å². The molecule has 3 rings (SSSR count). The van der Waals surface area contributed by atoms with Gasteiger partial charge in [0.25, 0.3) is 0 Å². The highest BCUT2D eigenvalue weighted by atomic mass is 32.1. The Bertz CT molecular complexity index is 686. The molecule has 1 atom stereocenters. The zero-order chi connectivity index (χ0) is 14.7. The molecule has 3 heterocycles. The van der Waals surface area contributed by atoms with Crippen molar-refractivity contribution in [1.29, 1.82) is 0 Å². The zero-order valence-electron chi connectivity index (χ0n) is 12.1. The normalized spacial score (nSPS) is 12.7. The number of imidazole rings is 1. The first-order chi connectivity index (χ1) is 10.2. The van der Waals surface area contributed by atoms with Gasteiger partial charge in [0.2, 0.25) is 0 Å². The first-order valence-electron chi connectivity index (χ1n) is 6.89. The van der Waals surface area contributed by atoms with Crippen LogP contribution in [0.25, 0.3) is 0 Å². The van der Waals surface area contributed by atoms with Crippen LogP contribution in [0.4, 0.5) is 0 Å². The van der Waals surface area contributed by atoms with Gasteiger partial charge in [0.1, 0.15) is 17.6 Å². The lowest BCUT2D eigenvalue weighted by Crippen LogP contribution is -2.26. The molecule has 3 aromatic heterocycles. The molecule has 21 heavy (non-hydrogen) atoms. The van der Waals surface area contributed by atoms with Crippen LogP contribution >= 0.6 is 11.3 Å². The highest BCUT2D eigenvalue weighted by molar-refractivity contribution is 7.09. The molecule has 0 amide bonds. The Morgan fingerprint density at radius 1 is 1.48 bits per heavy atom. The van der Waals surface area contributed by atoms with Gasteiger partial charge in [-0.3, -0.25) is 0 Å². The maximum absolute atomic E-state index is 5.55. The number of rotatable bonds is 6. The monoisotopic (exact) mass is 302 g/mol. The highest BCUT2D eigenvalue weighted by Gasteiger charge is 2.20. The Morgan fingerprint density at radius 3 is 3.00 bits per heavy atom. The molecule has 0 aliphatic rings. The first-order valence-corrected chi connectivity index (χ1v) is 7.77. The largest absolute Gasteiger partial charge is 0.467 e. The van der Waals surface area contributed by atoms with Gasteiger partial charge in [-0.1, -0.05) is 0 Å². The third-order valence-corrected chi connectivity index (χ3v) is 4.32. The van der Waals surface area contributed by atoms with E-state index in [1.165, 1.54) is 0 Å². The minimum atomic E-state index is -0.0407. The minimum absolute atomic E-state index is 0.0407. The molecule has 3 aromatic rings. The summed E-state index contributed by atoms with van der Waals surface area (Å²) in [6.45, 7) is 2.85. The van der Waals surface area contributed by atoms with Crippen LogP contribution in [0.15, 0.2) is 40.6 Å². The highest BCUT2D eigenvalue weighted by Crippen LogP contribution is 2.20. The number of hydrogen-bond donors (Lipinski definition) is 1. The van der Waals surface area contributed by atoms with Gasteiger partial charge in [0, 0.05) is 43.5 Å². The fourth-order valence-corrected chi connectivity index (χ4v) is 3.05. The Kier molecular flexibility index (Phi) is 4.17. The van der Waals surface area contributed by atoms with E-state index in [-0.39, 0.29) is 6.04 Å². The predicted octanol–water partition coefficient (Wildman–Crippen LogP) is 2.70. The van der Waals surface area contributed by atoms with Crippen molar-refractivity contribution in [2.45, 2.75) is 19.4 Å². The van der Waals surface area contributed by atoms with Crippen molar-refractivity contribution in [3.05, 3.63) is 58.5 Å². The summed E-state index contributed by atoms with van der Waals surface area (Å²) in [7, 11) is 1.99. The number of hydrogen-bond acceptors (Lipinski definition) is 5. The molecule has 5 nitrogen and oxygen atoms in total. The van der Waals surface area contributed by atoms with Crippen molar-refractivity contribution in [3.8, 4) is 0 Å². The molecule has 1 unspecified atom stereocenters. The van der Waals surface area contributed by atoms with Crippen LogP contribution in [0, 0.1) is 6.92 Å². The maximum atomic E-state index is 5.55. The first kappa shape index (κ1) is 14.0. The average Bonchev–Trinajstić information content (AvgIpc) is 3.18. The molecule has 0 bridgehead atoms. The fraction of sp³-hybridized carbons (Fsp3) is 0.333. The summed E-state index contributed by atoms with van der Waals surface area (Å²) in [6, 6.07) is 3.83. The van der Waals surface area contributed by atoms with Gasteiger partial charge in [-0.15, -0.1) is 11.3 Å². The van der Waals surface area contributed by atoms with E-state index in [0.717, 1.165) is 35.3 Å². The Morgan fingerprint density at radius 2 is 2.38 bits per heavy atom. The molecule has 0 aromatic carbocycles. The molecule has 0 saturated carbocycles. The quantitative estimate of drug-likeness (QED) is 0.760. The molecule has 110 valence electrons. The van der Waals surface area contributed by atoms with E-state index in [1.807, 2.05) is 36.9 Å². The minimum Gasteiger partial charge on any atom is -0.467 e. The van der Waals surface area contributed by atoms with Crippen molar-refractivity contribution < 1.29 is 4.42 Å². The second kappa shape index (κ2) is 6.24. The number of nitrogens with one attached hydrogen (secondary N) is 1. The number of aryl methyl sites for hydroxylation is 2. The molecule has 0 saturated heterocycles. The molecule has 1 N–H and O–H groups in total. The Balaban J connectivity index is 1.70. The van der Waals surface area contributed by atoms with Gasteiger partial charge in [-0.25, -0.2) is 9.97 Å².